The van der Waals surface area contributed by atoms with Crippen molar-refractivity contribution in [1.29, 1.82) is 0 Å². The SMILES string of the molecule is CCCCCCCCCCCCCCCCCCCC(=O)O[C@H](COC(=O)CCCCCCCCCCCCCCCC(C)C)COP(=O)(O)OC[C@@H](O)COP(=O)(O)OC[C@@H](COC(=O)CCCCCCCCCCC)OC(=O)CCCCCCCCCCCCCCC. The average Bonchev–Trinajstić information content (AvgIpc) is 2.11. The van der Waals surface area contributed by atoms with Crippen molar-refractivity contribution in [2.24, 2.45) is 5.92 Å². The van der Waals surface area contributed by atoms with Crippen LogP contribution in [0, 0.1) is 5.92 Å². The third-order valence-corrected chi connectivity index (χ3v) is 19.7. The highest BCUT2D eigenvalue weighted by atomic mass is 31.2. The molecule has 0 rings (SSSR count). The zero-order chi connectivity index (χ0) is 69.8. The van der Waals surface area contributed by atoms with Crippen LogP contribution in [0.1, 0.15) is 401 Å². The molecule has 0 saturated carbocycles. The third-order valence-electron chi connectivity index (χ3n) is 17.8. The Labute approximate surface area is 581 Å². The maximum Gasteiger partial charge on any atom is 0.472 e. The number of ether oxygens (including phenoxy) is 4. The molecule has 19 heteroatoms. The number of esters is 4. The maximum atomic E-state index is 13.1. The Morgan fingerprint density at radius 3 is 0.716 bits per heavy atom. The molecule has 0 heterocycles. The van der Waals surface area contributed by atoms with Crippen LogP contribution >= 0.6 is 15.6 Å². The summed E-state index contributed by atoms with van der Waals surface area (Å²) in [4.78, 5) is 72.8. The van der Waals surface area contributed by atoms with Crippen molar-refractivity contribution in [3.8, 4) is 0 Å². The molecular formula is C76H148O17P2. The molecule has 0 fully saturated rings. The molecular weight excluding hydrogens is 1250 g/mol. The van der Waals surface area contributed by atoms with Crippen molar-refractivity contribution in [2.45, 2.75) is 419 Å². The van der Waals surface area contributed by atoms with Gasteiger partial charge in [-0.15, -0.1) is 0 Å². The van der Waals surface area contributed by atoms with E-state index in [2.05, 4.69) is 34.6 Å². The van der Waals surface area contributed by atoms with E-state index in [9.17, 15) is 43.2 Å². The Kier molecular flexibility index (Phi) is 67.7. The van der Waals surface area contributed by atoms with Gasteiger partial charge in [0.25, 0.3) is 0 Å². The Bertz CT molecular complexity index is 1820. The first-order valence-corrected chi connectivity index (χ1v) is 42.6. The summed E-state index contributed by atoms with van der Waals surface area (Å²) in [6.07, 6.45) is 58.1. The second-order valence-electron chi connectivity index (χ2n) is 27.9. The predicted octanol–water partition coefficient (Wildman–Crippen LogP) is 22.5. The molecule has 2 unspecified atom stereocenters. The third kappa shape index (κ3) is 70.3. The predicted molar refractivity (Wildman–Crippen MR) is 386 cm³/mol. The first-order chi connectivity index (χ1) is 46.0. The summed E-state index contributed by atoms with van der Waals surface area (Å²) in [5.74, 6) is -1.32. The van der Waals surface area contributed by atoms with E-state index in [1.165, 1.54) is 225 Å². The number of phosphoric acid groups is 2. The molecule has 5 atom stereocenters. The molecule has 0 aliphatic rings. The molecule has 0 aromatic rings. The first kappa shape index (κ1) is 93.1. The van der Waals surface area contributed by atoms with E-state index >= 15 is 0 Å². The highest BCUT2D eigenvalue weighted by Gasteiger charge is 2.30. The number of rotatable bonds is 76. The van der Waals surface area contributed by atoms with Gasteiger partial charge < -0.3 is 33.8 Å². The van der Waals surface area contributed by atoms with Gasteiger partial charge in [-0.25, -0.2) is 9.13 Å². The van der Waals surface area contributed by atoms with Crippen LogP contribution in [-0.4, -0.2) is 96.7 Å². The summed E-state index contributed by atoms with van der Waals surface area (Å²) < 4.78 is 68.5. The summed E-state index contributed by atoms with van der Waals surface area (Å²) in [7, 11) is -9.91. The number of phosphoric ester groups is 2. The highest BCUT2D eigenvalue weighted by Crippen LogP contribution is 2.45. The van der Waals surface area contributed by atoms with Crippen LogP contribution in [0.5, 0.6) is 0 Å². The Morgan fingerprint density at radius 2 is 0.484 bits per heavy atom. The van der Waals surface area contributed by atoms with E-state index in [0.717, 1.165) is 95.8 Å². The van der Waals surface area contributed by atoms with Gasteiger partial charge in [-0.1, -0.05) is 349 Å². The van der Waals surface area contributed by atoms with Gasteiger partial charge >= 0.3 is 39.5 Å². The number of aliphatic hydroxyl groups excluding tert-OH is 1. The lowest BCUT2D eigenvalue weighted by Gasteiger charge is -2.21. The van der Waals surface area contributed by atoms with Crippen molar-refractivity contribution in [1.82, 2.24) is 0 Å². The van der Waals surface area contributed by atoms with Gasteiger partial charge in [0, 0.05) is 25.7 Å². The molecule has 95 heavy (non-hydrogen) atoms. The summed E-state index contributed by atoms with van der Waals surface area (Å²) in [5.41, 5.74) is 0. The van der Waals surface area contributed by atoms with Gasteiger partial charge in [-0.05, 0) is 31.6 Å². The lowest BCUT2D eigenvalue weighted by Crippen LogP contribution is -2.30. The molecule has 0 aliphatic carbocycles. The van der Waals surface area contributed by atoms with Crippen LogP contribution in [0.15, 0.2) is 0 Å². The van der Waals surface area contributed by atoms with Gasteiger partial charge in [0.05, 0.1) is 26.4 Å². The number of unbranched alkanes of at least 4 members (excludes halogenated alkanes) is 48. The van der Waals surface area contributed by atoms with Gasteiger partial charge in [0.2, 0.25) is 0 Å². The summed E-state index contributed by atoms with van der Waals surface area (Å²) in [6, 6.07) is 0. The van der Waals surface area contributed by atoms with Gasteiger partial charge in [-0.2, -0.15) is 0 Å². The monoisotopic (exact) mass is 1400 g/mol. The molecule has 0 aliphatic heterocycles. The molecule has 0 amide bonds. The summed E-state index contributed by atoms with van der Waals surface area (Å²) in [5, 5.41) is 10.6. The van der Waals surface area contributed by atoms with Crippen molar-refractivity contribution in [3.63, 3.8) is 0 Å². The highest BCUT2D eigenvalue weighted by molar-refractivity contribution is 7.47. The van der Waals surface area contributed by atoms with Crippen LogP contribution in [0.3, 0.4) is 0 Å². The van der Waals surface area contributed by atoms with Crippen molar-refractivity contribution in [3.05, 3.63) is 0 Å². The van der Waals surface area contributed by atoms with Crippen LogP contribution in [-0.2, 0) is 65.4 Å². The lowest BCUT2D eigenvalue weighted by atomic mass is 10.0. The zero-order valence-electron chi connectivity index (χ0n) is 61.8. The van der Waals surface area contributed by atoms with Crippen molar-refractivity contribution in [2.75, 3.05) is 39.6 Å². The molecule has 564 valence electrons. The second kappa shape index (κ2) is 69.2. The smallest absolute Gasteiger partial charge is 0.462 e. The van der Waals surface area contributed by atoms with Gasteiger partial charge in [0.1, 0.15) is 19.3 Å². The molecule has 0 aromatic carbocycles. The number of carbonyl (C=O) groups excluding carboxylic acids is 4. The van der Waals surface area contributed by atoms with Crippen molar-refractivity contribution < 1.29 is 80.2 Å². The van der Waals surface area contributed by atoms with Crippen molar-refractivity contribution >= 4 is 39.5 Å². The number of carbonyl (C=O) groups is 4. The Balaban J connectivity index is 5.23. The van der Waals surface area contributed by atoms with Crippen LogP contribution in [0.25, 0.3) is 0 Å². The molecule has 0 aromatic heterocycles. The van der Waals surface area contributed by atoms with E-state index in [0.29, 0.717) is 25.7 Å². The molecule has 0 radical (unpaired) electrons. The maximum absolute atomic E-state index is 13.1. The first-order valence-electron chi connectivity index (χ1n) is 39.6. The topological polar surface area (TPSA) is 237 Å². The number of hydrogen-bond donors (Lipinski definition) is 3. The van der Waals surface area contributed by atoms with E-state index in [1.54, 1.807) is 0 Å². The average molecular weight is 1400 g/mol. The minimum Gasteiger partial charge on any atom is -0.462 e. The Morgan fingerprint density at radius 1 is 0.284 bits per heavy atom. The van der Waals surface area contributed by atoms with E-state index in [1.807, 2.05) is 0 Å². The number of aliphatic hydroxyl groups is 1. The van der Waals surface area contributed by atoms with E-state index in [4.69, 9.17) is 37.0 Å². The molecule has 17 nitrogen and oxygen atoms in total. The molecule has 0 bridgehead atoms. The van der Waals surface area contributed by atoms with Crippen LogP contribution < -0.4 is 0 Å². The van der Waals surface area contributed by atoms with Crippen LogP contribution in [0.2, 0.25) is 0 Å². The lowest BCUT2D eigenvalue weighted by molar-refractivity contribution is -0.161. The van der Waals surface area contributed by atoms with Gasteiger partial charge in [-0.3, -0.25) is 37.3 Å². The zero-order valence-corrected chi connectivity index (χ0v) is 63.6. The van der Waals surface area contributed by atoms with Gasteiger partial charge in [0.15, 0.2) is 12.2 Å². The largest absolute Gasteiger partial charge is 0.472 e. The second-order valence-corrected chi connectivity index (χ2v) is 30.8. The van der Waals surface area contributed by atoms with Crippen LogP contribution in [0.4, 0.5) is 0 Å². The minimum absolute atomic E-state index is 0.108. The standard InChI is InChI=1S/C76H148O17P2/c1-6-9-12-15-18-21-23-25-26-27-28-32-37-42-47-52-57-62-76(81)93-72(66-87-74(79)60-55-50-45-40-35-33-29-31-34-39-43-48-53-58-69(4)5)68-91-95(84,85)89-64-70(77)63-88-94(82,83)90-67-71(65-86-73(78)59-54-49-44-38-20-17-14-11-8-3)92-75(80)61-56-51-46-41-36-30-24-22-19-16-13-10-7-2/h69-72,77H,6-68H2,1-5H3,(H,82,83)(H,84,85)/t70-,71+,72+/m0/s1. The molecule has 3 N–H and O–H groups in total. The van der Waals surface area contributed by atoms with E-state index < -0.39 is 97.5 Å². The summed E-state index contributed by atoms with van der Waals surface area (Å²) in [6.45, 7) is 7.30. The fourth-order valence-electron chi connectivity index (χ4n) is 11.7. The summed E-state index contributed by atoms with van der Waals surface area (Å²) >= 11 is 0. The normalized spacial score (nSPS) is 13.9. The Hall–Kier alpha value is -1.94. The molecule has 0 spiro atoms. The molecule has 0 saturated heterocycles. The number of hydrogen-bond acceptors (Lipinski definition) is 15. The quantitative estimate of drug-likeness (QED) is 0.0222. The minimum atomic E-state index is -4.96. The van der Waals surface area contributed by atoms with E-state index in [-0.39, 0.29) is 25.7 Å². The fraction of sp³-hybridized carbons (Fsp3) is 0.947. The fourth-order valence-corrected chi connectivity index (χ4v) is 13.3.